The molecule has 98 valence electrons. The Morgan fingerprint density at radius 2 is 2.05 bits per heavy atom. The van der Waals surface area contributed by atoms with E-state index >= 15 is 0 Å². The van der Waals surface area contributed by atoms with Gasteiger partial charge in [0.05, 0.1) is 23.7 Å². The van der Waals surface area contributed by atoms with Crippen LogP contribution in [0.3, 0.4) is 0 Å². The number of halogens is 3. The molecule has 2 aromatic rings. The molecule has 0 aliphatic heterocycles. The molecule has 0 amide bonds. The number of alkyl halides is 3. The van der Waals surface area contributed by atoms with E-state index in [-0.39, 0.29) is 5.56 Å². The molecule has 0 aliphatic carbocycles. The van der Waals surface area contributed by atoms with Gasteiger partial charge in [-0.2, -0.15) is 18.4 Å². The highest BCUT2D eigenvalue weighted by molar-refractivity contribution is 5.53. The molecular weight excluding hydrogens is 255 g/mol. The lowest BCUT2D eigenvalue weighted by Gasteiger charge is -2.11. The lowest BCUT2D eigenvalue weighted by Crippen LogP contribution is -2.09. The lowest BCUT2D eigenvalue weighted by atomic mass is 10.1. The Labute approximate surface area is 107 Å². The van der Waals surface area contributed by atoms with Gasteiger partial charge in [-0.25, -0.2) is 0 Å². The Bertz CT molecular complexity index is 595. The van der Waals surface area contributed by atoms with Gasteiger partial charge in [0, 0.05) is 17.6 Å². The third kappa shape index (κ3) is 3.07. The van der Waals surface area contributed by atoms with E-state index < -0.39 is 11.7 Å². The van der Waals surface area contributed by atoms with E-state index in [0.29, 0.717) is 12.2 Å². The molecule has 1 aromatic carbocycles. The van der Waals surface area contributed by atoms with Crippen LogP contribution in [0.2, 0.25) is 0 Å². The maximum Gasteiger partial charge on any atom is 0.417 e. The van der Waals surface area contributed by atoms with Crippen molar-refractivity contribution in [3.8, 4) is 6.07 Å². The number of nitriles is 1. The Balaban J connectivity index is 2.21. The Kier molecular flexibility index (Phi) is 3.47. The van der Waals surface area contributed by atoms with Crippen LogP contribution >= 0.6 is 0 Å². The zero-order valence-electron chi connectivity index (χ0n) is 9.75. The van der Waals surface area contributed by atoms with Gasteiger partial charge in [0.2, 0.25) is 0 Å². The van der Waals surface area contributed by atoms with Crippen molar-refractivity contribution in [2.75, 3.05) is 5.32 Å². The predicted octanol–water partition coefficient (Wildman–Crippen LogP) is 3.52. The van der Waals surface area contributed by atoms with Crippen LogP contribution < -0.4 is 5.32 Å². The summed E-state index contributed by atoms with van der Waals surface area (Å²) in [5.74, 6) is 0. The molecule has 2 N–H and O–H groups in total. The molecule has 0 bridgehead atoms. The van der Waals surface area contributed by atoms with E-state index in [0.717, 1.165) is 11.8 Å². The maximum absolute atomic E-state index is 12.7. The van der Waals surface area contributed by atoms with E-state index in [2.05, 4.69) is 10.3 Å². The molecule has 0 fully saturated rings. The predicted molar refractivity (Wildman–Crippen MR) is 64.3 cm³/mol. The third-order valence-electron chi connectivity index (χ3n) is 2.59. The Morgan fingerprint density at radius 1 is 1.26 bits per heavy atom. The molecule has 6 heteroatoms. The number of hydrogen-bond acceptors (Lipinski definition) is 2. The van der Waals surface area contributed by atoms with Crippen molar-refractivity contribution < 1.29 is 13.2 Å². The van der Waals surface area contributed by atoms with Crippen LogP contribution in [-0.2, 0) is 12.7 Å². The summed E-state index contributed by atoms with van der Waals surface area (Å²) in [6.07, 6.45) is -2.80. The highest BCUT2D eigenvalue weighted by Crippen LogP contribution is 2.33. The second-order valence-corrected chi connectivity index (χ2v) is 3.92. The summed E-state index contributed by atoms with van der Waals surface area (Å²) in [6, 6.07) is 8.74. The summed E-state index contributed by atoms with van der Waals surface area (Å²) in [7, 11) is 0. The van der Waals surface area contributed by atoms with Gasteiger partial charge >= 0.3 is 6.18 Å². The number of H-pyrrole nitrogens is 1. The summed E-state index contributed by atoms with van der Waals surface area (Å²) in [4.78, 5) is 2.94. The van der Waals surface area contributed by atoms with Crippen LogP contribution in [0.4, 0.5) is 18.9 Å². The smallest absolute Gasteiger partial charge is 0.379 e. The molecule has 1 heterocycles. The van der Waals surface area contributed by atoms with Crippen LogP contribution in [-0.4, -0.2) is 4.98 Å². The summed E-state index contributed by atoms with van der Waals surface area (Å²) in [5.41, 5.74) is -0.122. The van der Waals surface area contributed by atoms with Gasteiger partial charge in [0.15, 0.2) is 0 Å². The quantitative estimate of drug-likeness (QED) is 0.892. The van der Waals surface area contributed by atoms with Gasteiger partial charge in [-0.3, -0.25) is 0 Å². The van der Waals surface area contributed by atoms with E-state index in [9.17, 15) is 13.2 Å². The Hall–Kier alpha value is -2.42. The van der Waals surface area contributed by atoms with E-state index in [1.165, 1.54) is 12.1 Å². The molecule has 2 rings (SSSR count). The minimum atomic E-state index is -4.53. The van der Waals surface area contributed by atoms with Crippen molar-refractivity contribution >= 4 is 5.69 Å². The fraction of sp³-hybridized carbons (Fsp3) is 0.154. The molecule has 0 atom stereocenters. The largest absolute Gasteiger partial charge is 0.417 e. The van der Waals surface area contributed by atoms with Gasteiger partial charge < -0.3 is 10.3 Å². The first-order chi connectivity index (χ1) is 9.00. The molecular formula is C13H10F3N3. The number of nitrogens with zero attached hydrogens (tertiary/aromatic N) is 1. The standard InChI is InChI=1S/C13H10F3N3/c14-13(15,16)12-6-10(4-3-9(12)7-17)19-8-11-2-1-5-18-11/h1-6,18-19H,8H2. The van der Waals surface area contributed by atoms with Crippen LogP contribution in [0, 0.1) is 11.3 Å². The van der Waals surface area contributed by atoms with E-state index in [4.69, 9.17) is 5.26 Å². The molecule has 0 aliphatic rings. The monoisotopic (exact) mass is 265 g/mol. The minimum absolute atomic E-state index is 0.320. The fourth-order valence-electron chi connectivity index (χ4n) is 1.66. The van der Waals surface area contributed by atoms with Gasteiger partial charge in [0.25, 0.3) is 0 Å². The first-order valence-electron chi connectivity index (χ1n) is 5.48. The molecule has 3 nitrogen and oxygen atoms in total. The number of benzene rings is 1. The van der Waals surface area contributed by atoms with E-state index in [1.807, 2.05) is 6.07 Å². The topological polar surface area (TPSA) is 51.6 Å². The number of hydrogen-bond donors (Lipinski definition) is 2. The number of aromatic nitrogens is 1. The summed E-state index contributed by atoms with van der Waals surface area (Å²) in [6.45, 7) is 0.385. The van der Waals surface area contributed by atoms with Crippen molar-refractivity contribution in [2.45, 2.75) is 12.7 Å². The molecule has 1 aromatic heterocycles. The zero-order chi connectivity index (χ0) is 13.9. The van der Waals surface area contributed by atoms with Gasteiger partial charge in [0.1, 0.15) is 0 Å². The third-order valence-corrected chi connectivity index (χ3v) is 2.59. The normalized spacial score (nSPS) is 11.1. The van der Waals surface area contributed by atoms with Crippen molar-refractivity contribution in [2.24, 2.45) is 0 Å². The van der Waals surface area contributed by atoms with Crippen molar-refractivity contribution in [1.29, 1.82) is 5.26 Å². The summed E-state index contributed by atoms with van der Waals surface area (Å²) in [5, 5.41) is 11.5. The molecule has 0 radical (unpaired) electrons. The highest BCUT2D eigenvalue weighted by atomic mass is 19.4. The number of anilines is 1. The number of nitrogens with one attached hydrogen (secondary N) is 2. The van der Waals surface area contributed by atoms with Gasteiger partial charge in [-0.15, -0.1) is 0 Å². The molecule has 0 saturated heterocycles. The van der Waals surface area contributed by atoms with Crippen molar-refractivity contribution in [3.63, 3.8) is 0 Å². The SMILES string of the molecule is N#Cc1ccc(NCc2ccc[nH]2)cc1C(F)(F)F. The number of aromatic amines is 1. The van der Waals surface area contributed by atoms with Gasteiger partial charge in [-0.05, 0) is 30.3 Å². The second-order valence-electron chi connectivity index (χ2n) is 3.92. The van der Waals surface area contributed by atoms with Crippen molar-refractivity contribution in [1.82, 2.24) is 4.98 Å². The van der Waals surface area contributed by atoms with Crippen LogP contribution in [0.15, 0.2) is 36.5 Å². The average molecular weight is 265 g/mol. The van der Waals surface area contributed by atoms with Crippen molar-refractivity contribution in [3.05, 3.63) is 53.3 Å². The summed E-state index contributed by atoms with van der Waals surface area (Å²) >= 11 is 0. The maximum atomic E-state index is 12.7. The lowest BCUT2D eigenvalue weighted by molar-refractivity contribution is -0.137. The first kappa shape index (κ1) is 13.0. The highest BCUT2D eigenvalue weighted by Gasteiger charge is 2.33. The first-order valence-corrected chi connectivity index (χ1v) is 5.48. The van der Waals surface area contributed by atoms with Gasteiger partial charge in [-0.1, -0.05) is 0 Å². The molecule has 19 heavy (non-hydrogen) atoms. The van der Waals surface area contributed by atoms with E-state index in [1.54, 1.807) is 18.3 Å². The van der Waals surface area contributed by atoms with Crippen LogP contribution in [0.25, 0.3) is 0 Å². The fourth-order valence-corrected chi connectivity index (χ4v) is 1.66. The molecule has 0 spiro atoms. The zero-order valence-corrected chi connectivity index (χ0v) is 9.75. The summed E-state index contributed by atoms with van der Waals surface area (Å²) < 4.78 is 38.2. The second kappa shape index (κ2) is 5.06. The minimum Gasteiger partial charge on any atom is -0.379 e. The Morgan fingerprint density at radius 3 is 2.63 bits per heavy atom. The number of rotatable bonds is 3. The average Bonchev–Trinajstić information content (AvgIpc) is 2.88. The van der Waals surface area contributed by atoms with Crippen LogP contribution in [0.1, 0.15) is 16.8 Å². The van der Waals surface area contributed by atoms with Crippen LogP contribution in [0.5, 0.6) is 0 Å². The molecule has 0 unspecified atom stereocenters. The molecule has 0 saturated carbocycles.